The number of anilines is 2. The van der Waals surface area contributed by atoms with Crippen molar-refractivity contribution in [3.8, 4) is 0 Å². The van der Waals surface area contributed by atoms with Crippen LogP contribution in [0.25, 0.3) is 0 Å². The highest BCUT2D eigenvalue weighted by Crippen LogP contribution is 2.25. The number of amides is 1. The van der Waals surface area contributed by atoms with E-state index in [4.69, 9.17) is 17.3 Å². The fourth-order valence-electron chi connectivity index (χ4n) is 2.05. The van der Waals surface area contributed by atoms with Crippen molar-refractivity contribution in [1.82, 2.24) is 0 Å². The summed E-state index contributed by atoms with van der Waals surface area (Å²) < 4.78 is 0. The van der Waals surface area contributed by atoms with Crippen LogP contribution >= 0.6 is 11.6 Å². The van der Waals surface area contributed by atoms with Crippen molar-refractivity contribution in [2.75, 3.05) is 11.1 Å². The zero-order valence-electron chi connectivity index (χ0n) is 11.5. The Morgan fingerprint density at radius 2 is 1.90 bits per heavy atom. The second-order valence-corrected chi connectivity index (χ2v) is 5.20. The molecule has 0 spiro atoms. The molecule has 0 aromatic heterocycles. The van der Waals surface area contributed by atoms with Crippen LogP contribution in [0.1, 0.15) is 16.7 Å². The summed E-state index contributed by atoms with van der Waals surface area (Å²) in [5, 5.41) is 3.52. The number of nitrogens with two attached hydrogens (primary N) is 1. The van der Waals surface area contributed by atoms with E-state index in [9.17, 15) is 4.79 Å². The number of carbonyl (C=O) groups excluding carboxylic acids is 1. The number of aryl methyl sites for hydroxylation is 1. The molecule has 1 amide bonds. The zero-order chi connectivity index (χ0) is 14.7. The van der Waals surface area contributed by atoms with Crippen molar-refractivity contribution < 1.29 is 4.79 Å². The summed E-state index contributed by atoms with van der Waals surface area (Å²) in [7, 11) is 0. The van der Waals surface area contributed by atoms with E-state index in [2.05, 4.69) is 5.32 Å². The molecule has 0 aliphatic heterocycles. The molecule has 104 valence electrons. The summed E-state index contributed by atoms with van der Waals surface area (Å²) >= 11 is 6.06. The van der Waals surface area contributed by atoms with Gasteiger partial charge in [0.1, 0.15) is 0 Å². The highest BCUT2D eigenvalue weighted by atomic mass is 35.5. The van der Waals surface area contributed by atoms with Crippen LogP contribution < -0.4 is 11.1 Å². The number of hydrogen-bond donors (Lipinski definition) is 2. The molecule has 0 bridgehead atoms. The first-order valence-corrected chi connectivity index (χ1v) is 6.75. The van der Waals surface area contributed by atoms with E-state index in [0.29, 0.717) is 10.7 Å². The SMILES string of the molecule is Cc1ccc(N)c(C)c1NC(=O)Cc1ccccc1Cl. The molecule has 0 radical (unpaired) electrons. The smallest absolute Gasteiger partial charge is 0.228 e. The van der Waals surface area contributed by atoms with Gasteiger partial charge < -0.3 is 11.1 Å². The van der Waals surface area contributed by atoms with Crippen LogP contribution in [0.4, 0.5) is 11.4 Å². The molecule has 2 rings (SSSR count). The lowest BCUT2D eigenvalue weighted by Crippen LogP contribution is -2.16. The van der Waals surface area contributed by atoms with E-state index >= 15 is 0 Å². The maximum Gasteiger partial charge on any atom is 0.228 e. The van der Waals surface area contributed by atoms with Crippen LogP contribution in [0.5, 0.6) is 0 Å². The number of nitrogen functional groups attached to an aromatic ring is 1. The minimum Gasteiger partial charge on any atom is -0.398 e. The normalized spacial score (nSPS) is 10.3. The molecular formula is C16H17ClN2O. The van der Waals surface area contributed by atoms with Gasteiger partial charge in [-0.05, 0) is 42.7 Å². The monoisotopic (exact) mass is 288 g/mol. The molecule has 0 unspecified atom stereocenters. The molecular weight excluding hydrogens is 272 g/mol. The summed E-state index contributed by atoms with van der Waals surface area (Å²) in [6.07, 6.45) is 0.243. The van der Waals surface area contributed by atoms with Gasteiger partial charge in [0.25, 0.3) is 0 Å². The molecule has 0 saturated carbocycles. The second kappa shape index (κ2) is 5.97. The van der Waals surface area contributed by atoms with Crippen molar-refractivity contribution in [1.29, 1.82) is 0 Å². The number of hydrogen-bond acceptors (Lipinski definition) is 2. The van der Waals surface area contributed by atoms with Crippen molar-refractivity contribution >= 4 is 28.9 Å². The highest BCUT2D eigenvalue weighted by Gasteiger charge is 2.11. The van der Waals surface area contributed by atoms with E-state index in [1.54, 1.807) is 6.07 Å². The van der Waals surface area contributed by atoms with Crippen molar-refractivity contribution in [2.45, 2.75) is 20.3 Å². The summed E-state index contributed by atoms with van der Waals surface area (Å²) in [6.45, 7) is 3.84. The fourth-order valence-corrected chi connectivity index (χ4v) is 2.26. The van der Waals surface area contributed by atoms with Crippen LogP contribution in [0.15, 0.2) is 36.4 Å². The van der Waals surface area contributed by atoms with Gasteiger partial charge in [-0.3, -0.25) is 4.79 Å². The molecule has 4 heteroatoms. The van der Waals surface area contributed by atoms with Crippen molar-refractivity contribution in [3.05, 3.63) is 58.1 Å². The summed E-state index contributed by atoms with van der Waals surface area (Å²) in [6, 6.07) is 11.1. The van der Waals surface area contributed by atoms with Crippen LogP contribution in [0, 0.1) is 13.8 Å². The minimum atomic E-state index is -0.102. The molecule has 0 heterocycles. The second-order valence-electron chi connectivity index (χ2n) is 4.79. The van der Waals surface area contributed by atoms with Gasteiger partial charge >= 0.3 is 0 Å². The van der Waals surface area contributed by atoms with E-state index < -0.39 is 0 Å². The van der Waals surface area contributed by atoms with Gasteiger partial charge in [0.05, 0.1) is 6.42 Å². The van der Waals surface area contributed by atoms with Gasteiger partial charge in [0, 0.05) is 16.4 Å². The van der Waals surface area contributed by atoms with Gasteiger partial charge in [0.2, 0.25) is 5.91 Å². The number of nitrogens with one attached hydrogen (secondary N) is 1. The van der Waals surface area contributed by atoms with Crippen LogP contribution in [-0.4, -0.2) is 5.91 Å². The van der Waals surface area contributed by atoms with Crippen LogP contribution in [0.3, 0.4) is 0 Å². The third-order valence-corrected chi connectivity index (χ3v) is 3.66. The number of carbonyl (C=O) groups is 1. The molecule has 2 aromatic rings. The summed E-state index contributed by atoms with van der Waals surface area (Å²) in [5.41, 5.74) is 10.0. The lowest BCUT2D eigenvalue weighted by molar-refractivity contribution is -0.115. The first kappa shape index (κ1) is 14.4. The largest absolute Gasteiger partial charge is 0.398 e. The predicted octanol–water partition coefficient (Wildman–Crippen LogP) is 3.72. The Morgan fingerprint density at radius 1 is 1.20 bits per heavy atom. The summed E-state index contributed by atoms with van der Waals surface area (Å²) in [5.74, 6) is -0.102. The lowest BCUT2D eigenvalue weighted by Gasteiger charge is -2.13. The average molecular weight is 289 g/mol. The predicted molar refractivity (Wildman–Crippen MR) is 84.1 cm³/mol. The number of rotatable bonds is 3. The zero-order valence-corrected chi connectivity index (χ0v) is 12.3. The molecule has 20 heavy (non-hydrogen) atoms. The Kier molecular flexibility index (Phi) is 4.30. The molecule has 0 fully saturated rings. The molecule has 3 N–H and O–H groups in total. The van der Waals surface area contributed by atoms with E-state index in [0.717, 1.165) is 22.4 Å². The minimum absolute atomic E-state index is 0.102. The van der Waals surface area contributed by atoms with Gasteiger partial charge in [-0.25, -0.2) is 0 Å². The molecule has 0 atom stereocenters. The van der Waals surface area contributed by atoms with Crippen molar-refractivity contribution in [3.63, 3.8) is 0 Å². The Labute approximate surface area is 123 Å². The molecule has 3 nitrogen and oxygen atoms in total. The highest BCUT2D eigenvalue weighted by molar-refractivity contribution is 6.31. The number of halogens is 1. The maximum absolute atomic E-state index is 12.1. The number of benzene rings is 2. The third-order valence-electron chi connectivity index (χ3n) is 3.29. The van der Waals surface area contributed by atoms with E-state index in [-0.39, 0.29) is 12.3 Å². The van der Waals surface area contributed by atoms with Crippen molar-refractivity contribution in [2.24, 2.45) is 0 Å². The van der Waals surface area contributed by atoms with Gasteiger partial charge in [0.15, 0.2) is 0 Å². The quantitative estimate of drug-likeness (QED) is 0.846. The van der Waals surface area contributed by atoms with Crippen LogP contribution in [-0.2, 0) is 11.2 Å². The first-order chi connectivity index (χ1) is 9.49. The first-order valence-electron chi connectivity index (χ1n) is 6.38. The molecule has 0 saturated heterocycles. The third kappa shape index (κ3) is 3.11. The standard InChI is InChI=1S/C16H17ClN2O/c1-10-7-8-14(18)11(2)16(10)19-15(20)9-12-5-3-4-6-13(12)17/h3-8H,9,18H2,1-2H3,(H,19,20). The maximum atomic E-state index is 12.1. The van der Waals surface area contributed by atoms with E-state index in [1.165, 1.54) is 0 Å². The van der Waals surface area contributed by atoms with Gasteiger partial charge in [-0.1, -0.05) is 35.9 Å². The molecule has 2 aromatic carbocycles. The molecule has 0 aliphatic rings. The van der Waals surface area contributed by atoms with Crippen LogP contribution in [0.2, 0.25) is 5.02 Å². The van der Waals surface area contributed by atoms with Gasteiger partial charge in [-0.15, -0.1) is 0 Å². The fraction of sp³-hybridized carbons (Fsp3) is 0.188. The Bertz CT molecular complexity index is 653. The average Bonchev–Trinajstić information content (AvgIpc) is 2.42. The molecule has 0 aliphatic carbocycles. The topological polar surface area (TPSA) is 55.1 Å². The lowest BCUT2D eigenvalue weighted by atomic mass is 10.1. The Hall–Kier alpha value is -2.00. The Morgan fingerprint density at radius 3 is 2.60 bits per heavy atom. The summed E-state index contributed by atoms with van der Waals surface area (Å²) in [4.78, 5) is 12.1. The van der Waals surface area contributed by atoms with E-state index in [1.807, 2.05) is 44.2 Å². The Balaban J connectivity index is 2.17. The van der Waals surface area contributed by atoms with Gasteiger partial charge in [-0.2, -0.15) is 0 Å².